The van der Waals surface area contributed by atoms with Crippen LogP contribution < -0.4 is 15.4 Å². The number of anilines is 1. The van der Waals surface area contributed by atoms with E-state index in [9.17, 15) is 28.0 Å². The lowest BCUT2D eigenvalue weighted by Gasteiger charge is -2.18. The van der Waals surface area contributed by atoms with Gasteiger partial charge in [-0.15, -0.1) is 0 Å². The summed E-state index contributed by atoms with van der Waals surface area (Å²) in [5.74, 6) is -2.24. The minimum absolute atomic E-state index is 0.0768. The molecular weight excluding hydrogens is 380 g/mol. The molecule has 1 saturated heterocycles. The first-order valence-electron chi connectivity index (χ1n) is 8.29. The number of rotatable bonds is 8. The first kappa shape index (κ1) is 21.1. The number of carbonyl (C=O) groups excluding carboxylic acids is 4. The van der Waals surface area contributed by atoms with Gasteiger partial charge in [0.25, 0.3) is 11.8 Å². The van der Waals surface area contributed by atoms with Crippen LogP contribution >= 0.6 is 0 Å². The Morgan fingerprint density at radius 1 is 1.25 bits per heavy atom. The molecule has 0 radical (unpaired) electrons. The standard InChI is InChI=1S/C17H19F2N3O6/c1-3-17(2)14(25)22(16(26)21-17)8-13(24)27-9-12(23)20-10-4-6-11(7-5-10)28-15(18)19/h4-7,15H,3,8-9H2,1-2H3,(H,20,23)(H,21,26)/t17-/m0/s1. The number of amides is 4. The molecule has 1 aliphatic rings. The van der Waals surface area contributed by atoms with E-state index in [2.05, 4.69) is 15.4 Å². The molecule has 1 fully saturated rings. The Morgan fingerprint density at radius 3 is 2.43 bits per heavy atom. The van der Waals surface area contributed by atoms with Gasteiger partial charge in [0, 0.05) is 5.69 Å². The van der Waals surface area contributed by atoms with Crippen molar-refractivity contribution in [2.24, 2.45) is 0 Å². The number of nitrogens with zero attached hydrogens (tertiary/aromatic N) is 1. The molecule has 0 bridgehead atoms. The van der Waals surface area contributed by atoms with Crippen molar-refractivity contribution in [3.63, 3.8) is 0 Å². The number of esters is 1. The van der Waals surface area contributed by atoms with E-state index in [1.807, 2.05) is 0 Å². The van der Waals surface area contributed by atoms with Crippen molar-refractivity contribution in [2.45, 2.75) is 32.4 Å². The maximum atomic E-state index is 12.2. The van der Waals surface area contributed by atoms with Crippen molar-refractivity contribution in [3.8, 4) is 5.75 Å². The van der Waals surface area contributed by atoms with Crippen LogP contribution in [0.2, 0.25) is 0 Å². The van der Waals surface area contributed by atoms with Gasteiger partial charge < -0.3 is 20.1 Å². The third kappa shape index (κ3) is 5.15. The molecule has 2 rings (SSSR count). The third-order valence-corrected chi connectivity index (χ3v) is 4.07. The molecular formula is C17H19F2N3O6. The summed E-state index contributed by atoms with van der Waals surface area (Å²) in [5.41, 5.74) is -0.801. The first-order valence-corrected chi connectivity index (χ1v) is 8.29. The predicted molar refractivity (Wildman–Crippen MR) is 91.6 cm³/mol. The fourth-order valence-corrected chi connectivity index (χ4v) is 2.37. The summed E-state index contributed by atoms with van der Waals surface area (Å²) in [7, 11) is 0. The number of imide groups is 1. The Hall–Kier alpha value is -3.24. The van der Waals surface area contributed by atoms with Crippen LogP contribution in [0.3, 0.4) is 0 Å². The number of halogens is 2. The molecule has 28 heavy (non-hydrogen) atoms. The number of nitrogens with one attached hydrogen (secondary N) is 2. The Morgan fingerprint density at radius 2 is 1.89 bits per heavy atom. The van der Waals surface area contributed by atoms with Crippen LogP contribution in [0.5, 0.6) is 5.75 Å². The molecule has 0 aliphatic carbocycles. The van der Waals surface area contributed by atoms with Gasteiger partial charge in [0.05, 0.1) is 0 Å². The lowest BCUT2D eigenvalue weighted by molar-refractivity contribution is -0.150. The van der Waals surface area contributed by atoms with Crippen molar-refractivity contribution in [3.05, 3.63) is 24.3 Å². The van der Waals surface area contributed by atoms with E-state index >= 15 is 0 Å². The topological polar surface area (TPSA) is 114 Å². The Balaban J connectivity index is 1.80. The number of alkyl halides is 2. The molecule has 0 aromatic heterocycles. The highest BCUT2D eigenvalue weighted by atomic mass is 19.3. The summed E-state index contributed by atoms with van der Waals surface area (Å²) in [6, 6.07) is 4.42. The van der Waals surface area contributed by atoms with Crippen molar-refractivity contribution < 1.29 is 37.4 Å². The smallest absolute Gasteiger partial charge is 0.387 e. The lowest BCUT2D eigenvalue weighted by atomic mass is 9.99. The molecule has 0 unspecified atom stereocenters. The summed E-state index contributed by atoms with van der Waals surface area (Å²) in [4.78, 5) is 48.3. The summed E-state index contributed by atoms with van der Waals surface area (Å²) < 4.78 is 33.1. The fraction of sp³-hybridized carbons (Fsp3) is 0.412. The first-order chi connectivity index (χ1) is 13.1. The second-order valence-electron chi connectivity index (χ2n) is 6.12. The quantitative estimate of drug-likeness (QED) is 0.506. The number of ether oxygens (including phenoxy) is 2. The number of urea groups is 1. The van der Waals surface area contributed by atoms with Crippen LogP contribution in [-0.2, 0) is 19.1 Å². The van der Waals surface area contributed by atoms with Crippen LogP contribution in [-0.4, -0.2) is 54.0 Å². The highest BCUT2D eigenvalue weighted by Crippen LogP contribution is 2.20. The van der Waals surface area contributed by atoms with E-state index < -0.39 is 49.1 Å². The van der Waals surface area contributed by atoms with Crippen LogP contribution in [0, 0.1) is 0 Å². The van der Waals surface area contributed by atoms with Crippen LogP contribution in [0.25, 0.3) is 0 Å². The van der Waals surface area contributed by atoms with Gasteiger partial charge >= 0.3 is 18.6 Å². The highest BCUT2D eigenvalue weighted by Gasteiger charge is 2.47. The van der Waals surface area contributed by atoms with Gasteiger partial charge in [0.2, 0.25) is 0 Å². The van der Waals surface area contributed by atoms with E-state index in [-0.39, 0.29) is 11.4 Å². The highest BCUT2D eigenvalue weighted by molar-refractivity contribution is 6.08. The number of carbonyl (C=O) groups is 4. The fourth-order valence-electron chi connectivity index (χ4n) is 2.37. The third-order valence-electron chi connectivity index (χ3n) is 4.07. The summed E-state index contributed by atoms with van der Waals surface area (Å²) in [6.07, 6.45) is 0.354. The van der Waals surface area contributed by atoms with E-state index in [0.717, 1.165) is 4.90 Å². The molecule has 1 heterocycles. The summed E-state index contributed by atoms with van der Waals surface area (Å²) >= 11 is 0. The van der Waals surface area contributed by atoms with E-state index in [0.29, 0.717) is 6.42 Å². The Labute approximate surface area is 159 Å². The monoisotopic (exact) mass is 399 g/mol. The average molecular weight is 399 g/mol. The van der Waals surface area contributed by atoms with Crippen LogP contribution in [0.1, 0.15) is 20.3 Å². The van der Waals surface area contributed by atoms with E-state index in [1.165, 1.54) is 24.3 Å². The molecule has 152 valence electrons. The molecule has 11 heteroatoms. The van der Waals surface area contributed by atoms with Gasteiger partial charge in [0.15, 0.2) is 6.61 Å². The van der Waals surface area contributed by atoms with Gasteiger partial charge in [-0.25, -0.2) is 4.79 Å². The van der Waals surface area contributed by atoms with Crippen LogP contribution in [0.15, 0.2) is 24.3 Å². The lowest BCUT2D eigenvalue weighted by Crippen LogP contribution is -2.43. The van der Waals surface area contributed by atoms with Crippen molar-refractivity contribution in [1.82, 2.24) is 10.2 Å². The molecule has 9 nitrogen and oxygen atoms in total. The van der Waals surface area contributed by atoms with Crippen molar-refractivity contribution in [2.75, 3.05) is 18.5 Å². The van der Waals surface area contributed by atoms with Gasteiger partial charge in [-0.05, 0) is 37.6 Å². The molecule has 4 amide bonds. The minimum Gasteiger partial charge on any atom is -0.454 e. The molecule has 2 N–H and O–H groups in total. The number of hydrogen-bond donors (Lipinski definition) is 2. The zero-order valence-electron chi connectivity index (χ0n) is 15.2. The average Bonchev–Trinajstić information content (AvgIpc) is 2.85. The molecule has 0 spiro atoms. The normalized spacial score (nSPS) is 18.8. The van der Waals surface area contributed by atoms with Gasteiger partial charge in [-0.1, -0.05) is 6.92 Å². The summed E-state index contributed by atoms with van der Waals surface area (Å²) in [5, 5.41) is 4.88. The molecule has 1 aliphatic heterocycles. The summed E-state index contributed by atoms with van der Waals surface area (Å²) in [6.45, 7) is -0.963. The maximum Gasteiger partial charge on any atom is 0.387 e. The zero-order chi connectivity index (χ0) is 20.9. The SMILES string of the molecule is CC[C@]1(C)NC(=O)N(CC(=O)OCC(=O)Nc2ccc(OC(F)F)cc2)C1=O. The maximum absolute atomic E-state index is 12.2. The van der Waals surface area contributed by atoms with Gasteiger partial charge in [0.1, 0.15) is 17.8 Å². The molecule has 1 aromatic rings. The second kappa shape index (κ2) is 8.63. The minimum atomic E-state index is -2.96. The molecule has 0 saturated carbocycles. The predicted octanol–water partition coefficient (Wildman–Crippen LogP) is 1.49. The zero-order valence-corrected chi connectivity index (χ0v) is 15.2. The second-order valence-corrected chi connectivity index (χ2v) is 6.12. The number of hydrogen-bond acceptors (Lipinski definition) is 6. The van der Waals surface area contributed by atoms with Crippen molar-refractivity contribution in [1.29, 1.82) is 0 Å². The van der Waals surface area contributed by atoms with Gasteiger partial charge in [-0.3, -0.25) is 19.3 Å². The largest absolute Gasteiger partial charge is 0.454 e. The van der Waals surface area contributed by atoms with Gasteiger partial charge in [-0.2, -0.15) is 8.78 Å². The molecule has 1 atom stereocenters. The van der Waals surface area contributed by atoms with Crippen LogP contribution in [0.4, 0.5) is 19.3 Å². The Kier molecular flexibility index (Phi) is 6.49. The Bertz CT molecular complexity index is 771. The molecule has 1 aromatic carbocycles. The van der Waals surface area contributed by atoms with Crippen molar-refractivity contribution >= 4 is 29.5 Å². The number of benzene rings is 1. The van der Waals surface area contributed by atoms with E-state index in [4.69, 9.17) is 4.74 Å². The van der Waals surface area contributed by atoms with E-state index in [1.54, 1.807) is 13.8 Å².